The van der Waals surface area contributed by atoms with Crippen LogP contribution in [0.2, 0.25) is 18.1 Å². The van der Waals surface area contributed by atoms with Crippen LogP contribution in [0.3, 0.4) is 0 Å². The van der Waals surface area contributed by atoms with E-state index < -0.39 is 18.2 Å². The van der Waals surface area contributed by atoms with Gasteiger partial charge in [0.1, 0.15) is 0 Å². The molecule has 5 nitrogen and oxygen atoms in total. The first-order valence-electron chi connectivity index (χ1n) is 7.18. The van der Waals surface area contributed by atoms with Crippen LogP contribution in [0.25, 0.3) is 0 Å². The van der Waals surface area contributed by atoms with Gasteiger partial charge in [-0.2, -0.15) is 0 Å². The Bertz CT molecular complexity index is 403. The maximum absolute atomic E-state index is 11.4. The maximum Gasteiger partial charge on any atom is 0.192 e. The summed E-state index contributed by atoms with van der Waals surface area (Å²) in [5, 5.41) is 9.69. The summed E-state index contributed by atoms with van der Waals surface area (Å²) in [5.74, 6) is 0.368. The fourth-order valence-electron chi connectivity index (χ4n) is 1.89. The van der Waals surface area contributed by atoms with E-state index in [9.17, 15) is 13.5 Å². The smallest absolute Gasteiger partial charge is 0.192 e. The molecule has 0 aromatic rings. The predicted molar refractivity (Wildman–Crippen MR) is 84.2 cm³/mol. The van der Waals surface area contributed by atoms with E-state index in [1.165, 1.54) is 0 Å². The zero-order valence-corrected chi connectivity index (χ0v) is 15.2. The molecule has 0 aliphatic carbocycles. The van der Waals surface area contributed by atoms with Crippen LogP contribution in [0.5, 0.6) is 0 Å². The molecule has 1 fully saturated rings. The standard InChI is InChI=1S/C13H29NO4SSi/c1-13(2,3)20(4,5)18-11-12(10-15)14-6-8-19(16,17)9-7-14/h12,15H,6-11H2,1-5H3/t12-/m1/s1. The van der Waals surface area contributed by atoms with Gasteiger partial charge in [0.2, 0.25) is 0 Å². The van der Waals surface area contributed by atoms with Gasteiger partial charge in [-0.1, -0.05) is 20.8 Å². The van der Waals surface area contributed by atoms with Crippen LogP contribution in [0.15, 0.2) is 0 Å². The normalized spacial score (nSPS) is 22.7. The van der Waals surface area contributed by atoms with Crippen molar-refractivity contribution in [3.8, 4) is 0 Å². The molecular formula is C13H29NO4SSi. The summed E-state index contributed by atoms with van der Waals surface area (Å²) < 4.78 is 29.0. The topological polar surface area (TPSA) is 66.8 Å². The van der Waals surface area contributed by atoms with Crippen LogP contribution in [0.4, 0.5) is 0 Å². The number of hydrogen-bond donors (Lipinski definition) is 1. The summed E-state index contributed by atoms with van der Waals surface area (Å²) in [7, 11) is -4.71. The second-order valence-corrected chi connectivity index (χ2v) is 14.2. The molecule has 1 aliphatic heterocycles. The number of aliphatic hydroxyl groups is 1. The van der Waals surface area contributed by atoms with Crippen LogP contribution in [-0.4, -0.2) is 70.6 Å². The van der Waals surface area contributed by atoms with E-state index in [0.29, 0.717) is 19.7 Å². The predicted octanol–water partition coefficient (Wildman–Crippen LogP) is 1.10. The molecule has 0 aromatic heterocycles. The minimum Gasteiger partial charge on any atom is -0.415 e. The molecule has 120 valence electrons. The largest absolute Gasteiger partial charge is 0.415 e. The molecule has 7 heteroatoms. The van der Waals surface area contributed by atoms with Crippen LogP contribution in [0.1, 0.15) is 20.8 Å². The van der Waals surface area contributed by atoms with Crippen molar-refractivity contribution in [1.82, 2.24) is 4.90 Å². The first-order chi connectivity index (χ1) is 8.98. The summed E-state index contributed by atoms with van der Waals surface area (Å²) in [6.45, 7) is 12.4. The SMILES string of the molecule is CC(C)(C)[Si](C)(C)OC[C@@H](CO)N1CCS(=O)(=O)CC1. The van der Waals surface area contributed by atoms with Gasteiger partial charge in [0.25, 0.3) is 0 Å². The van der Waals surface area contributed by atoms with Crippen molar-refractivity contribution in [3.05, 3.63) is 0 Å². The zero-order chi connectivity index (χ0) is 15.6. The number of hydrogen-bond acceptors (Lipinski definition) is 5. The van der Waals surface area contributed by atoms with Gasteiger partial charge in [-0.25, -0.2) is 8.42 Å². The van der Waals surface area contributed by atoms with E-state index in [2.05, 4.69) is 33.9 Å². The van der Waals surface area contributed by atoms with E-state index >= 15 is 0 Å². The van der Waals surface area contributed by atoms with E-state index in [1.807, 2.05) is 4.90 Å². The van der Waals surface area contributed by atoms with Crippen molar-refractivity contribution in [2.24, 2.45) is 0 Å². The van der Waals surface area contributed by atoms with Crippen LogP contribution >= 0.6 is 0 Å². The molecule has 1 rings (SSSR count). The molecule has 20 heavy (non-hydrogen) atoms. The molecule has 0 saturated carbocycles. The summed E-state index contributed by atoms with van der Waals surface area (Å²) in [4.78, 5) is 2.04. The molecule has 1 atom stereocenters. The van der Waals surface area contributed by atoms with Crippen molar-refractivity contribution in [2.75, 3.05) is 37.8 Å². The highest BCUT2D eigenvalue weighted by Crippen LogP contribution is 2.36. The number of aliphatic hydroxyl groups excluding tert-OH is 1. The van der Waals surface area contributed by atoms with Gasteiger partial charge < -0.3 is 9.53 Å². The monoisotopic (exact) mass is 323 g/mol. The maximum atomic E-state index is 11.4. The van der Waals surface area contributed by atoms with E-state index in [1.54, 1.807) is 0 Å². The second-order valence-electron chi connectivity index (χ2n) is 7.10. The average molecular weight is 324 g/mol. The Morgan fingerprint density at radius 1 is 1.25 bits per heavy atom. The molecular weight excluding hydrogens is 294 g/mol. The molecule has 0 unspecified atom stereocenters. The minimum absolute atomic E-state index is 0.00860. The highest BCUT2D eigenvalue weighted by atomic mass is 32.2. The first-order valence-corrected chi connectivity index (χ1v) is 11.9. The highest BCUT2D eigenvalue weighted by Gasteiger charge is 2.38. The van der Waals surface area contributed by atoms with Crippen LogP contribution in [-0.2, 0) is 14.3 Å². The average Bonchev–Trinajstić information content (AvgIpc) is 2.30. The molecule has 0 amide bonds. The fourth-order valence-corrected chi connectivity index (χ4v) is 4.16. The van der Waals surface area contributed by atoms with Crippen molar-refractivity contribution >= 4 is 18.2 Å². The third-order valence-electron chi connectivity index (χ3n) is 4.55. The van der Waals surface area contributed by atoms with Gasteiger partial charge in [0.15, 0.2) is 18.2 Å². The van der Waals surface area contributed by atoms with Gasteiger partial charge in [0.05, 0.1) is 30.8 Å². The number of sulfone groups is 1. The molecule has 0 spiro atoms. The molecule has 0 aromatic carbocycles. The molecule has 1 saturated heterocycles. The second kappa shape index (κ2) is 6.44. The van der Waals surface area contributed by atoms with Gasteiger partial charge in [-0.05, 0) is 18.1 Å². The highest BCUT2D eigenvalue weighted by molar-refractivity contribution is 7.91. The third kappa shape index (κ3) is 4.80. The Balaban J connectivity index is 2.57. The minimum atomic E-state index is -2.88. The lowest BCUT2D eigenvalue weighted by molar-refractivity contribution is 0.0834. The zero-order valence-electron chi connectivity index (χ0n) is 13.3. The summed E-state index contributed by atoms with van der Waals surface area (Å²) >= 11 is 0. The van der Waals surface area contributed by atoms with Crippen molar-refractivity contribution < 1.29 is 18.0 Å². The Labute approximate surface area is 124 Å². The quantitative estimate of drug-likeness (QED) is 0.768. The van der Waals surface area contributed by atoms with Crippen LogP contribution in [0, 0.1) is 0 Å². The summed E-state index contributed by atoms with van der Waals surface area (Å²) in [6.07, 6.45) is 0. The molecule has 0 radical (unpaired) electrons. The van der Waals surface area contributed by atoms with E-state index in [0.717, 1.165) is 0 Å². The van der Waals surface area contributed by atoms with Gasteiger partial charge >= 0.3 is 0 Å². The molecule has 1 heterocycles. The third-order valence-corrected chi connectivity index (χ3v) is 10.7. The Morgan fingerprint density at radius 2 is 1.75 bits per heavy atom. The number of rotatable bonds is 5. The van der Waals surface area contributed by atoms with Crippen molar-refractivity contribution in [2.45, 2.75) is 44.9 Å². The lowest BCUT2D eigenvalue weighted by atomic mass is 10.2. The van der Waals surface area contributed by atoms with Gasteiger partial charge in [-0.3, -0.25) is 4.90 Å². The Morgan fingerprint density at radius 3 is 2.15 bits per heavy atom. The summed E-state index contributed by atoms with van der Waals surface area (Å²) in [6, 6.07) is -0.0976. The lowest BCUT2D eigenvalue weighted by Crippen LogP contribution is -2.51. The molecule has 0 bridgehead atoms. The van der Waals surface area contributed by atoms with E-state index in [-0.39, 0.29) is 29.2 Å². The lowest BCUT2D eigenvalue weighted by Gasteiger charge is -2.39. The van der Waals surface area contributed by atoms with E-state index in [4.69, 9.17) is 4.43 Å². The Kier molecular flexibility index (Phi) is 5.82. The Hall–Kier alpha value is 0.0469. The van der Waals surface area contributed by atoms with Crippen LogP contribution < -0.4 is 0 Å². The van der Waals surface area contributed by atoms with Gasteiger partial charge in [0, 0.05) is 13.1 Å². The molecule has 1 N–H and O–H groups in total. The van der Waals surface area contributed by atoms with Gasteiger partial charge in [-0.15, -0.1) is 0 Å². The number of nitrogens with zero attached hydrogens (tertiary/aromatic N) is 1. The first kappa shape index (κ1) is 18.1. The van der Waals surface area contributed by atoms with Crippen molar-refractivity contribution in [3.63, 3.8) is 0 Å². The molecule has 1 aliphatic rings. The fraction of sp³-hybridized carbons (Fsp3) is 1.00. The van der Waals surface area contributed by atoms with Crippen molar-refractivity contribution in [1.29, 1.82) is 0 Å². The summed E-state index contributed by atoms with van der Waals surface area (Å²) in [5.41, 5.74) is 0.